The highest BCUT2D eigenvalue weighted by Gasteiger charge is 2.20. The molecular weight excluding hydrogens is 250 g/mol. The Morgan fingerprint density at radius 3 is 3.05 bits per heavy atom. The predicted octanol–water partition coefficient (Wildman–Crippen LogP) is 2.44. The first kappa shape index (κ1) is 15.3. The second-order valence-corrected chi connectivity index (χ2v) is 5.62. The van der Waals surface area contributed by atoms with Crippen LogP contribution in [0.25, 0.3) is 0 Å². The summed E-state index contributed by atoms with van der Waals surface area (Å²) in [6.07, 6.45) is 5.75. The number of hydrogen-bond donors (Lipinski definition) is 1. The van der Waals surface area contributed by atoms with Crippen LogP contribution in [0.5, 0.6) is 0 Å². The molecule has 4 nitrogen and oxygen atoms in total. The van der Waals surface area contributed by atoms with Gasteiger partial charge in [-0.15, -0.1) is 0 Å². The average Bonchev–Trinajstić information content (AvgIpc) is 3.28. The number of anilines is 1. The van der Waals surface area contributed by atoms with Crippen LogP contribution in [0.1, 0.15) is 31.9 Å². The van der Waals surface area contributed by atoms with Crippen molar-refractivity contribution >= 4 is 5.69 Å². The molecule has 1 fully saturated rings. The molecule has 0 saturated heterocycles. The van der Waals surface area contributed by atoms with Gasteiger partial charge in [-0.3, -0.25) is 4.98 Å². The number of nitrogens with zero attached hydrogens (tertiary/aromatic N) is 2. The molecule has 2 rings (SSSR count). The van der Waals surface area contributed by atoms with E-state index >= 15 is 0 Å². The molecule has 0 aliphatic heterocycles. The van der Waals surface area contributed by atoms with Crippen LogP contribution in [0.3, 0.4) is 0 Å². The Hall–Kier alpha value is -1.13. The van der Waals surface area contributed by atoms with Crippen molar-refractivity contribution in [1.29, 1.82) is 0 Å². The minimum Gasteiger partial charge on any atom is -0.379 e. The summed E-state index contributed by atoms with van der Waals surface area (Å²) >= 11 is 0. The first-order valence-corrected chi connectivity index (χ1v) is 7.74. The van der Waals surface area contributed by atoms with E-state index in [9.17, 15) is 0 Å². The van der Waals surface area contributed by atoms with Crippen LogP contribution in [0.4, 0.5) is 5.69 Å². The van der Waals surface area contributed by atoms with Crippen LogP contribution in [-0.4, -0.2) is 38.3 Å². The van der Waals surface area contributed by atoms with Crippen molar-refractivity contribution < 1.29 is 4.74 Å². The van der Waals surface area contributed by atoms with Crippen molar-refractivity contribution in [3.05, 3.63) is 24.0 Å². The second-order valence-electron chi connectivity index (χ2n) is 5.62. The lowest BCUT2D eigenvalue weighted by Crippen LogP contribution is -2.23. The molecule has 0 aromatic carbocycles. The van der Waals surface area contributed by atoms with Crippen molar-refractivity contribution in [2.24, 2.45) is 5.92 Å². The zero-order valence-corrected chi connectivity index (χ0v) is 12.8. The standard InChI is InChI=1S/C16H27N3O/c1-3-7-17-12-15-11-16(6-8-18-15)19(2)9-10-20-13-14-4-5-14/h6,8,11,14,17H,3-5,7,9-10,12-13H2,1-2H3. The first-order chi connectivity index (χ1) is 9.79. The molecule has 0 spiro atoms. The van der Waals surface area contributed by atoms with Crippen LogP contribution in [-0.2, 0) is 11.3 Å². The monoisotopic (exact) mass is 277 g/mol. The van der Waals surface area contributed by atoms with Gasteiger partial charge in [0.2, 0.25) is 0 Å². The maximum absolute atomic E-state index is 5.69. The summed E-state index contributed by atoms with van der Waals surface area (Å²) in [5.74, 6) is 0.845. The van der Waals surface area contributed by atoms with Gasteiger partial charge in [0, 0.05) is 38.6 Å². The van der Waals surface area contributed by atoms with Crippen molar-refractivity contribution in [2.75, 3.05) is 38.3 Å². The lowest BCUT2D eigenvalue weighted by atomic mass is 10.3. The number of likely N-dealkylation sites (N-methyl/N-ethyl adjacent to an activating group) is 1. The van der Waals surface area contributed by atoms with Crippen molar-refractivity contribution in [1.82, 2.24) is 10.3 Å². The maximum atomic E-state index is 5.69. The summed E-state index contributed by atoms with van der Waals surface area (Å²) in [7, 11) is 2.11. The van der Waals surface area contributed by atoms with Gasteiger partial charge in [0.05, 0.1) is 12.3 Å². The Kier molecular flexibility index (Phi) is 6.27. The summed E-state index contributed by atoms with van der Waals surface area (Å²) in [6.45, 7) is 6.73. The van der Waals surface area contributed by atoms with E-state index in [0.29, 0.717) is 0 Å². The molecule has 4 heteroatoms. The molecule has 1 heterocycles. The minimum absolute atomic E-state index is 0.804. The van der Waals surface area contributed by atoms with E-state index < -0.39 is 0 Å². The van der Waals surface area contributed by atoms with Gasteiger partial charge in [0.25, 0.3) is 0 Å². The van der Waals surface area contributed by atoms with Crippen molar-refractivity contribution in [3.63, 3.8) is 0 Å². The van der Waals surface area contributed by atoms with E-state index in [2.05, 4.69) is 41.3 Å². The van der Waals surface area contributed by atoms with Gasteiger partial charge < -0.3 is 15.0 Å². The number of rotatable bonds is 10. The highest BCUT2D eigenvalue weighted by molar-refractivity contribution is 5.45. The Balaban J connectivity index is 1.72. The third kappa shape index (κ3) is 5.47. The molecule has 0 unspecified atom stereocenters. The molecular formula is C16H27N3O. The Morgan fingerprint density at radius 1 is 1.45 bits per heavy atom. The largest absolute Gasteiger partial charge is 0.379 e. The molecule has 1 saturated carbocycles. The fraction of sp³-hybridized carbons (Fsp3) is 0.688. The molecule has 0 atom stereocenters. The third-order valence-corrected chi connectivity index (χ3v) is 3.60. The van der Waals surface area contributed by atoms with E-state index in [1.165, 1.54) is 18.5 Å². The highest BCUT2D eigenvalue weighted by atomic mass is 16.5. The summed E-state index contributed by atoms with van der Waals surface area (Å²) in [4.78, 5) is 6.64. The van der Waals surface area contributed by atoms with Crippen molar-refractivity contribution in [3.8, 4) is 0 Å². The normalized spacial score (nSPS) is 14.5. The number of pyridine rings is 1. The van der Waals surface area contributed by atoms with Crippen molar-refractivity contribution in [2.45, 2.75) is 32.7 Å². The number of aromatic nitrogens is 1. The minimum atomic E-state index is 0.804. The number of ether oxygens (including phenoxy) is 1. The smallest absolute Gasteiger partial charge is 0.0641 e. The van der Waals surface area contributed by atoms with Crippen LogP contribution >= 0.6 is 0 Å². The van der Waals surface area contributed by atoms with E-state index in [0.717, 1.165) is 50.9 Å². The van der Waals surface area contributed by atoms with Gasteiger partial charge in [0.1, 0.15) is 0 Å². The first-order valence-electron chi connectivity index (χ1n) is 7.74. The van der Waals surface area contributed by atoms with E-state index in [1.807, 2.05) is 6.20 Å². The maximum Gasteiger partial charge on any atom is 0.0641 e. The lowest BCUT2D eigenvalue weighted by molar-refractivity contribution is 0.131. The summed E-state index contributed by atoms with van der Waals surface area (Å²) < 4.78 is 5.69. The molecule has 0 amide bonds. The van der Waals surface area contributed by atoms with Crippen LogP contribution in [0.2, 0.25) is 0 Å². The summed E-state index contributed by atoms with van der Waals surface area (Å²) in [5.41, 5.74) is 2.31. The van der Waals surface area contributed by atoms with Gasteiger partial charge in [-0.25, -0.2) is 0 Å². The van der Waals surface area contributed by atoms with Gasteiger partial charge in [-0.2, -0.15) is 0 Å². The highest BCUT2D eigenvalue weighted by Crippen LogP contribution is 2.28. The SMILES string of the molecule is CCCNCc1cc(N(C)CCOCC2CC2)ccn1. The number of hydrogen-bond acceptors (Lipinski definition) is 4. The average molecular weight is 277 g/mol. The second kappa shape index (κ2) is 8.22. The lowest BCUT2D eigenvalue weighted by Gasteiger charge is -2.19. The summed E-state index contributed by atoms with van der Waals surface area (Å²) in [6, 6.07) is 4.22. The Bertz CT molecular complexity index is 393. The molecule has 0 radical (unpaired) electrons. The molecule has 1 aromatic rings. The zero-order valence-electron chi connectivity index (χ0n) is 12.8. The summed E-state index contributed by atoms with van der Waals surface area (Å²) in [5, 5.41) is 3.38. The van der Waals surface area contributed by atoms with Crippen LogP contribution in [0, 0.1) is 5.92 Å². The van der Waals surface area contributed by atoms with Gasteiger partial charge in [0.15, 0.2) is 0 Å². The van der Waals surface area contributed by atoms with E-state index in [-0.39, 0.29) is 0 Å². The van der Waals surface area contributed by atoms with Gasteiger partial charge in [-0.05, 0) is 43.9 Å². The fourth-order valence-electron chi connectivity index (χ4n) is 2.06. The van der Waals surface area contributed by atoms with E-state index in [4.69, 9.17) is 4.74 Å². The van der Waals surface area contributed by atoms with Crippen LogP contribution < -0.4 is 10.2 Å². The fourth-order valence-corrected chi connectivity index (χ4v) is 2.06. The van der Waals surface area contributed by atoms with E-state index in [1.54, 1.807) is 0 Å². The Labute approximate surface area is 122 Å². The van der Waals surface area contributed by atoms with Gasteiger partial charge >= 0.3 is 0 Å². The topological polar surface area (TPSA) is 37.4 Å². The molecule has 112 valence electrons. The molecule has 1 aromatic heterocycles. The number of nitrogens with one attached hydrogen (secondary N) is 1. The zero-order chi connectivity index (χ0) is 14.2. The quantitative estimate of drug-likeness (QED) is 0.667. The Morgan fingerprint density at radius 2 is 2.30 bits per heavy atom. The molecule has 1 aliphatic rings. The molecule has 20 heavy (non-hydrogen) atoms. The van der Waals surface area contributed by atoms with Gasteiger partial charge in [-0.1, -0.05) is 6.92 Å². The van der Waals surface area contributed by atoms with Crippen LogP contribution in [0.15, 0.2) is 18.3 Å². The molecule has 0 bridgehead atoms. The predicted molar refractivity (Wildman–Crippen MR) is 83.0 cm³/mol. The third-order valence-electron chi connectivity index (χ3n) is 3.60. The molecule has 1 aliphatic carbocycles. The molecule has 1 N–H and O–H groups in total.